The number of anilines is 1. The van der Waals surface area contributed by atoms with Gasteiger partial charge in [0.15, 0.2) is 5.78 Å². The van der Waals surface area contributed by atoms with E-state index in [0.717, 1.165) is 59.7 Å². The maximum atomic E-state index is 11.7. The van der Waals surface area contributed by atoms with Crippen LogP contribution in [0.4, 0.5) is 5.69 Å². The number of benzene rings is 1. The molecule has 1 aliphatic heterocycles. The molecule has 0 unspecified atom stereocenters. The Morgan fingerprint density at radius 3 is 2.42 bits per heavy atom. The fraction of sp³-hybridized carbons (Fsp3) is 0.394. The highest BCUT2D eigenvalue weighted by Gasteiger charge is 2.17. The Morgan fingerprint density at radius 1 is 1.10 bits per heavy atom. The highest BCUT2D eigenvalue weighted by Crippen LogP contribution is 2.32. The van der Waals surface area contributed by atoms with Crippen LogP contribution in [0.3, 0.4) is 0 Å². The molecule has 212 valence electrons. The van der Waals surface area contributed by atoms with Crippen LogP contribution in [0.5, 0.6) is 5.75 Å². The molecule has 1 fully saturated rings. The molecular weight excluding hydrogens is 500 g/mol. The molecule has 3 heterocycles. The van der Waals surface area contributed by atoms with Gasteiger partial charge in [0.2, 0.25) is 0 Å². The third-order valence-electron chi connectivity index (χ3n) is 6.48. The van der Waals surface area contributed by atoms with Gasteiger partial charge in [-0.05, 0) is 86.2 Å². The number of Topliss-reactive ketones (excluding diaryl/α,β-unsaturated/α-hetero) is 1. The third kappa shape index (κ3) is 8.00. The number of ether oxygens (including phenoxy) is 2. The maximum absolute atomic E-state index is 11.7. The molecule has 0 spiro atoms. The fourth-order valence-corrected chi connectivity index (χ4v) is 4.36. The summed E-state index contributed by atoms with van der Waals surface area (Å²) in [6, 6.07) is 12.3. The first-order chi connectivity index (χ1) is 19.4. The molecule has 0 aliphatic carbocycles. The Balaban J connectivity index is 0.00000134. The zero-order chi connectivity index (χ0) is 29.7. The number of hydrogen-bond donors (Lipinski definition) is 1. The van der Waals surface area contributed by atoms with Gasteiger partial charge in [0, 0.05) is 37.2 Å². The smallest absolute Gasteiger partial charge is 0.161 e. The highest BCUT2D eigenvalue weighted by atomic mass is 16.5. The number of rotatable bonds is 7. The minimum absolute atomic E-state index is 0.0649. The molecule has 4 rings (SSSR count). The molecule has 7 heteroatoms. The summed E-state index contributed by atoms with van der Waals surface area (Å²) in [7, 11) is 1.56. The summed E-state index contributed by atoms with van der Waals surface area (Å²) in [6.07, 6.45) is 7.16. The van der Waals surface area contributed by atoms with E-state index in [2.05, 4.69) is 21.4 Å². The summed E-state index contributed by atoms with van der Waals surface area (Å²) in [4.78, 5) is 20.8. The van der Waals surface area contributed by atoms with E-state index >= 15 is 0 Å². The second kappa shape index (κ2) is 16.2. The Kier molecular flexibility index (Phi) is 13.0. The van der Waals surface area contributed by atoms with Gasteiger partial charge in [0.25, 0.3) is 0 Å². The van der Waals surface area contributed by atoms with Gasteiger partial charge in [-0.3, -0.25) is 14.8 Å². The third-order valence-corrected chi connectivity index (χ3v) is 6.48. The number of ketones is 1. The van der Waals surface area contributed by atoms with Crippen LogP contribution in [-0.2, 0) is 4.74 Å². The normalized spacial score (nSPS) is 13.1. The van der Waals surface area contributed by atoms with Crippen LogP contribution in [0.1, 0.15) is 87.3 Å². The molecule has 1 aliphatic rings. The number of pyridine rings is 2. The monoisotopic (exact) mass is 542 g/mol. The number of nitrogens with one attached hydrogen (secondary N) is 1. The van der Waals surface area contributed by atoms with E-state index in [1.165, 1.54) is 6.92 Å². The zero-order valence-electron chi connectivity index (χ0n) is 25.1. The lowest BCUT2D eigenvalue weighted by molar-refractivity contribution is 0.0904. The summed E-state index contributed by atoms with van der Waals surface area (Å²) < 4.78 is 10.9. The van der Waals surface area contributed by atoms with Gasteiger partial charge >= 0.3 is 0 Å². The summed E-state index contributed by atoms with van der Waals surface area (Å²) in [5, 5.41) is 13.3. The highest BCUT2D eigenvalue weighted by molar-refractivity contribution is 5.95. The standard InChI is InChI=1S/C29H30N4O3.2C2H6/c1-18(29-28(35-4)15-23(17-32-29)20(3)34)13-27-19(2)25(7-10-31-27)21-5-6-26(22(14-21)16-30)33-24-8-11-36-12-9-24;2*1-2/h5-7,10,13-15,17,24,33H,8-9,11-12H2,1-4H3;2*1-2H3/b18-13+;;. The van der Waals surface area contributed by atoms with Crippen molar-refractivity contribution in [3.05, 3.63) is 70.8 Å². The Morgan fingerprint density at radius 2 is 1.80 bits per heavy atom. The van der Waals surface area contributed by atoms with Crippen molar-refractivity contribution >= 4 is 23.1 Å². The summed E-state index contributed by atoms with van der Waals surface area (Å²) in [5.41, 5.74) is 7.24. The van der Waals surface area contributed by atoms with Gasteiger partial charge < -0.3 is 14.8 Å². The number of carbonyl (C=O) groups excluding carboxylic acids is 1. The van der Waals surface area contributed by atoms with Crippen LogP contribution in [0.25, 0.3) is 22.8 Å². The van der Waals surface area contributed by atoms with E-state index in [0.29, 0.717) is 28.6 Å². The molecule has 1 aromatic carbocycles. The average molecular weight is 543 g/mol. The molecule has 0 atom stereocenters. The quantitative estimate of drug-likeness (QED) is 0.305. The van der Waals surface area contributed by atoms with E-state index in [1.54, 1.807) is 25.6 Å². The van der Waals surface area contributed by atoms with E-state index in [1.807, 2.05) is 71.9 Å². The van der Waals surface area contributed by atoms with Crippen molar-refractivity contribution in [3.63, 3.8) is 0 Å². The van der Waals surface area contributed by atoms with Gasteiger partial charge in [0.1, 0.15) is 17.5 Å². The zero-order valence-corrected chi connectivity index (χ0v) is 25.1. The van der Waals surface area contributed by atoms with Crippen molar-refractivity contribution in [2.75, 3.05) is 25.6 Å². The van der Waals surface area contributed by atoms with E-state index in [-0.39, 0.29) is 5.78 Å². The van der Waals surface area contributed by atoms with Crippen LogP contribution >= 0.6 is 0 Å². The average Bonchev–Trinajstić information content (AvgIpc) is 3.00. The number of carbonyl (C=O) groups is 1. The number of nitrogens with zero attached hydrogens (tertiary/aromatic N) is 3. The molecule has 1 saturated heterocycles. The lowest BCUT2D eigenvalue weighted by atomic mass is 9.96. The van der Waals surface area contributed by atoms with Crippen LogP contribution < -0.4 is 10.1 Å². The van der Waals surface area contributed by atoms with Crippen molar-refractivity contribution in [2.24, 2.45) is 0 Å². The molecule has 7 nitrogen and oxygen atoms in total. The summed E-state index contributed by atoms with van der Waals surface area (Å²) in [6.45, 7) is 14.9. The van der Waals surface area contributed by atoms with Gasteiger partial charge in [-0.25, -0.2) is 0 Å². The van der Waals surface area contributed by atoms with Crippen molar-refractivity contribution in [2.45, 2.75) is 67.3 Å². The van der Waals surface area contributed by atoms with Gasteiger partial charge in [-0.1, -0.05) is 33.8 Å². The second-order valence-electron chi connectivity index (χ2n) is 8.93. The summed E-state index contributed by atoms with van der Waals surface area (Å²) in [5.74, 6) is 0.474. The minimum atomic E-state index is -0.0649. The molecule has 40 heavy (non-hydrogen) atoms. The Bertz CT molecular complexity index is 1350. The van der Waals surface area contributed by atoms with Crippen molar-refractivity contribution in [3.8, 4) is 22.9 Å². The molecule has 2 aromatic heterocycles. The van der Waals surface area contributed by atoms with Crippen molar-refractivity contribution < 1.29 is 14.3 Å². The molecule has 3 aromatic rings. The van der Waals surface area contributed by atoms with Gasteiger partial charge in [-0.2, -0.15) is 5.26 Å². The molecular formula is C33H42N4O3. The number of aromatic nitrogens is 2. The molecule has 0 radical (unpaired) electrons. The van der Waals surface area contributed by atoms with Gasteiger partial charge in [-0.15, -0.1) is 0 Å². The van der Waals surface area contributed by atoms with E-state index < -0.39 is 0 Å². The number of methoxy groups -OCH3 is 1. The predicted octanol–water partition coefficient (Wildman–Crippen LogP) is 7.74. The van der Waals surface area contributed by atoms with Crippen LogP contribution in [0, 0.1) is 18.3 Å². The Labute approximate surface area is 239 Å². The maximum Gasteiger partial charge on any atom is 0.161 e. The van der Waals surface area contributed by atoms with E-state index in [9.17, 15) is 10.1 Å². The first kappa shape index (κ1) is 32.2. The number of allylic oxidation sites excluding steroid dienone is 1. The van der Waals surface area contributed by atoms with Crippen LogP contribution in [0.15, 0.2) is 42.7 Å². The topological polar surface area (TPSA) is 97.1 Å². The summed E-state index contributed by atoms with van der Waals surface area (Å²) >= 11 is 0. The minimum Gasteiger partial charge on any atom is -0.494 e. The van der Waals surface area contributed by atoms with Gasteiger partial charge in [0.05, 0.1) is 24.1 Å². The molecule has 0 bridgehead atoms. The lowest BCUT2D eigenvalue weighted by Gasteiger charge is -2.24. The molecule has 0 amide bonds. The largest absolute Gasteiger partial charge is 0.494 e. The predicted molar refractivity (Wildman–Crippen MR) is 164 cm³/mol. The molecule has 1 N–H and O–H groups in total. The van der Waals surface area contributed by atoms with Crippen LogP contribution in [0.2, 0.25) is 0 Å². The number of nitriles is 1. The molecule has 0 saturated carbocycles. The first-order valence-electron chi connectivity index (χ1n) is 14.0. The van der Waals surface area contributed by atoms with E-state index in [4.69, 9.17) is 9.47 Å². The second-order valence-corrected chi connectivity index (χ2v) is 8.93. The first-order valence-corrected chi connectivity index (χ1v) is 14.0. The van der Waals surface area contributed by atoms with Crippen LogP contribution in [-0.4, -0.2) is 42.1 Å². The van der Waals surface area contributed by atoms with Crippen molar-refractivity contribution in [1.82, 2.24) is 9.97 Å². The number of hydrogen-bond acceptors (Lipinski definition) is 7. The lowest BCUT2D eigenvalue weighted by Crippen LogP contribution is -2.28. The van der Waals surface area contributed by atoms with Crippen molar-refractivity contribution in [1.29, 1.82) is 5.26 Å². The Hall–Kier alpha value is -4.02. The fourth-order valence-electron chi connectivity index (χ4n) is 4.36. The SMILES string of the molecule is CC.CC.COc1cc(C(C)=O)cnc1/C(C)=C/c1nccc(-c2ccc(NC3CCOCC3)c(C#N)c2)c1C.